The Morgan fingerprint density at radius 2 is 1.65 bits per heavy atom. The molecule has 0 saturated heterocycles. The maximum absolute atomic E-state index is 13.1. The van der Waals surface area contributed by atoms with Gasteiger partial charge in [0.2, 0.25) is 0 Å². The number of amides is 1. The van der Waals surface area contributed by atoms with Crippen molar-refractivity contribution in [3.05, 3.63) is 94.6 Å². The van der Waals surface area contributed by atoms with E-state index in [-0.39, 0.29) is 23.9 Å². The van der Waals surface area contributed by atoms with Gasteiger partial charge in [-0.25, -0.2) is 0 Å². The summed E-state index contributed by atoms with van der Waals surface area (Å²) >= 11 is 0. The lowest BCUT2D eigenvalue weighted by Crippen LogP contribution is -2.36. The summed E-state index contributed by atoms with van der Waals surface area (Å²) in [6.07, 6.45) is 6.34. The molecule has 3 N–H and O–H groups in total. The number of nitrogens with two attached hydrogens (primary N) is 1. The standard InChI is InChI=1S/C30H34N2O.ClH/c1-4-21-20-27(16-17-28(21)30(31,5-2)6-3)32-29(33)25-15-13-23-12-14-24(18-26(23)19-25)22-10-8-7-9-11-22;/h7-12,14,16-20H,4-6,13,15,31H2,1-3H3,(H,32,33);1H. The van der Waals surface area contributed by atoms with Gasteiger partial charge < -0.3 is 11.1 Å². The molecule has 0 aliphatic heterocycles. The topological polar surface area (TPSA) is 55.1 Å². The zero-order valence-corrected chi connectivity index (χ0v) is 21.2. The van der Waals surface area contributed by atoms with Gasteiger partial charge in [-0.05, 0) is 89.8 Å². The van der Waals surface area contributed by atoms with E-state index in [0.717, 1.165) is 48.9 Å². The number of hydrogen-bond acceptors (Lipinski definition) is 2. The van der Waals surface area contributed by atoms with E-state index in [1.807, 2.05) is 12.1 Å². The first-order chi connectivity index (χ1) is 16.0. The van der Waals surface area contributed by atoms with Crippen LogP contribution in [0.4, 0.5) is 5.69 Å². The van der Waals surface area contributed by atoms with Gasteiger partial charge in [-0.15, -0.1) is 12.4 Å². The molecule has 0 bridgehead atoms. The Labute approximate surface area is 209 Å². The number of halogens is 1. The second kappa shape index (κ2) is 11.0. The van der Waals surface area contributed by atoms with Gasteiger partial charge in [-0.3, -0.25) is 4.79 Å². The van der Waals surface area contributed by atoms with E-state index in [1.165, 1.54) is 27.8 Å². The van der Waals surface area contributed by atoms with Crippen LogP contribution in [0.5, 0.6) is 0 Å². The SMILES string of the molecule is CCc1cc(NC(=O)C2=Cc3cc(-c4ccccc4)ccc3CC2)ccc1C(N)(CC)CC.Cl. The monoisotopic (exact) mass is 474 g/mol. The number of nitrogens with one attached hydrogen (secondary N) is 1. The summed E-state index contributed by atoms with van der Waals surface area (Å²) in [7, 11) is 0. The summed E-state index contributed by atoms with van der Waals surface area (Å²) in [5.41, 5.74) is 15.2. The second-order valence-electron chi connectivity index (χ2n) is 8.99. The van der Waals surface area contributed by atoms with Gasteiger partial charge >= 0.3 is 0 Å². The van der Waals surface area contributed by atoms with E-state index in [4.69, 9.17) is 5.73 Å². The highest BCUT2D eigenvalue weighted by Crippen LogP contribution is 2.32. The van der Waals surface area contributed by atoms with Crippen molar-refractivity contribution in [3.63, 3.8) is 0 Å². The van der Waals surface area contributed by atoms with E-state index in [9.17, 15) is 4.79 Å². The molecule has 0 aromatic heterocycles. The molecule has 1 amide bonds. The van der Waals surface area contributed by atoms with Gasteiger partial charge in [0.15, 0.2) is 0 Å². The molecule has 0 saturated carbocycles. The molecule has 3 nitrogen and oxygen atoms in total. The number of fused-ring (bicyclic) bond motifs is 1. The lowest BCUT2D eigenvalue weighted by atomic mass is 9.82. The highest BCUT2D eigenvalue weighted by Gasteiger charge is 2.25. The number of benzene rings is 3. The highest BCUT2D eigenvalue weighted by molar-refractivity contribution is 6.07. The molecule has 0 heterocycles. The van der Waals surface area contributed by atoms with Crippen LogP contribution in [0.2, 0.25) is 0 Å². The number of aryl methyl sites for hydroxylation is 2. The predicted octanol–water partition coefficient (Wildman–Crippen LogP) is 7.28. The fourth-order valence-electron chi connectivity index (χ4n) is 4.77. The number of hydrogen-bond donors (Lipinski definition) is 2. The zero-order chi connectivity index (χ0) is 23.4. The number of carbonyl (C=O) groups excluding carboxylic acids is 1. The highest BCUT2D eigenvalue weighted by atomic mass is 35.5. The van der Waals surface area contributed by atoms with Crippen molar-refractivity contribution in [2.45, 2.75) is 58.4 Å². The molecule has 34 heavy (non-hydrogen) atoms. The fraction of sp³-hybridized carbons (Fsp3) is 0.300. The van der Waals surface area contributed by atoms with Crippen molar-refractivity contribution in [2.75, 3.05) is 5.32 Å². The van der Waals surface area contributed by atoms with Crippen LogP contribution in [0.25, 0.3) is 17.2 Å². The van der Waals surface area contributed by atoms with E-state index in [2.05, 4.69) is 86.8 Å². The summed E-state index contributed by atoms with van der Waals surface area (Å²) in [5.74, 6) is -0.0226. The molecule has 0 unspecified atom stereocenters. The molecule has 0 fully saturated rings. The molecule has 0 radical (unpaired) electrons. The number of carbonyl (C=O) groups is 1. The Hall–Kier alpha value is -2.88. The molecular weight excluding hydrogens is 440 g/mol. The van der Waals surface area contributed by atoms with E-state index >= 15 is 0 Å². The zero-order valence-electron chi connectivity index (χ0n) is 20.4. The van der Waals surface area contributed by atoms with Gasteiger partial charge in [-0.1, -0.05) is 69.3 Å². The summed E-state index contributed by atoms with van der Waals surface area (Å²) in [5, 5.41) is 3.13. The Morgan fingerprint density at radius 3 is 2.32 bits per heavy atom. The minimum atomic E-state index is -0.319. The van der Waals surface area contributed by atoms with Crippen LogP contribution in [-0.2, 0) is 23.2 Å². The third-order valence-electron chi connectivity index (χ3n) is 7.08. The lowest BCUT2D eigenvalue weighted by molar-refractivity contribution is -0.112. The average molecular weight is 475 g/mol. The fourth-order valence-corrected chi connectivity index (χ4v) is 4.77. The molecule has 3 aromatic carbocycles. The first kappa shape index (κ1) is 25.7. The molecule has 178 valence electrons. The molecule has 0 spiro atoms. The normalized spacial score (nSPS) is 12.9. The molecule has 1 aliphatic rings. The molecular formula is C30H35ClN2O. The van der Waals surface area contributed by atoms with Crippen LogP contribution in [0.3, 0.4) is 0 Å². The predicted molar refractivity (Wildman–Crippen MR) is 146 cm³/mol. The summed E-state index contributed by atoms with van der Waals surface area (Å²) in [4.78, 5) is 13.1. The molecule has 3 aromatic rings. The van der Waals surface area contributed by atoms with Gasteiger partial charge in [0.1, 0.15) is 0 Å². The maximum atomic E-state index is 13.1. The van der Waals surface area contributed by atoms with Crippen molar-refractivity contribution >= 4 is 30.1 Å². The summed E-state index contributed by atoms with van der Waals surface area (Å²) in [6.45, 7) is 6.41. The summed E-state index contributed by atoms with van der Waals surface area (Å²) in [6, 6.07) is 23.1. The smallest absolute Gasteiger partial charge is 0.251 e. The second-order valence-corrected chi connectivity index (χ2v) is 8.99. The van der Waals surface area contributed by atoms with Crippen molar-refractivity contribution in [3.8, 4) is 11.1 Å². The average Bonchev–Trinajstić information content (AvgIpc) is 2.88. The van der Waals surface area contributed by atoms with Crippen LogP contribution in [-0.4, -0.2) is 5.91 Å². The van der Waals surface area contributed by atoms with Crippen LogP contribution >= 0.6 is 12.4 Å². The number of rotatable bonds is 7. The largest absolute Gasteiger partial charge is 0.322 e. The Bertz CT molecular complexity index is 1180. The quantitative estimate of drug-likeness (QED) is 0.378. The first-order valence-corrected chi connectivity index (χ1v) is 12.1. The first-order valence-electron chi connectivity index (χ1n) is 12.1. The lowest BCUT2D eigenvalue weighted by Gasteiger charge is -2.30. The van der Waals surface area contributed by atoms with Gasteiger partial charge in [-0.2, -0.15) is 0 Å². The van der Waals surface area contributed by atoms with Crippen LogP contribution < -0.4 is 11.1 Å². The van der Waals surface area contributed by atoms with Crippen LogP contribution in [0.1, 0.15) is 62.3 Å². The third kappa shape index (κ3) is 5.27. The maximum Gasteiger partial charge on any atom is 0.251 e. The van der Waals surface area contributed by atoms with Gasteiger partial charge in [0, 0.05) is 16.8 Å². The molecule has 4 rings (SSSR count). The van der Waals surface area contributed by atoms with E-state index in [0.29, 0.717) is 0 Å². The van der Waals surface area contributed by atoms with Gasteiger partial charge in [0.05, 0.1) is 0 Å². The Morgan fingerprint density at radius 1 is 0.912 bits per heavy atom. The number of anilines is 1. The van der Waals surface area contributed by atoms with Crippen molar-refractivity contribution in [1.29, 1.82) is 0 Å². The van der Waals surface area contributed by atoms with Crippen LogP contribution in [0.15, 0.2) is 72.3 Å². The molecule has 4 heteroatoms. The van der Waals surface area contributed by atoms with E-state index < -0.39 is 0 Å². The Balaban J connectivity index is 0.00000324. The minimum absolute atomic E-state index is 0. The van der Waals surface area contributed by atoms with E-state index in [1.54, 1.807) is 0 Å². The Kier molecular flexibility index (Phi) is 8.35. The van der Waals surface area contributed by atoms with Crippen molar-refractivity contribution in [1.82, 2.24) is 0 Å². The minimum Gasteiger partial charge on any atom is -0.322 e. The van der Waals surface area contributed by atoms with Crippen LogP contribution in [0, 0.1) is 0 Å². The summed E-state index contributed by atoms with van der Waals surface area (Å²) < 4.78 is 0. The third-order valence-corrected chi connectivity index (χ3v) is 7.08. The van der Waals surface area contributed by atoms with Gasteiger partial charge in [0.25, 0.3) is 5.91 Å². The molecule has 1 aliphatic carbocycles. The molecule has 0 atom stereocenters. The van der Waals surface area contributed by atoms with Crippen molar-refractivity contribution in [2.24, 2.45) is 5.73 Å². The van der Waals surface area contributed by atoms with Crippen molar-refractivity contribution < 1.29 is 4.79 Å².